The number of aliphatic hydroxyl groups is 1. The zero-order chi connectivity index (χ0) is 18.6. The van der Waals surface area contributed by atoms with Crippen LogP contribution in [-0.2, 0) is 6.42 Å². The molecule has 140 valence electrons. The number of carbonyl (C=O) groups is 1. The van der Waals surface area contributed by atoms with E-state index in [4.69, 9.17) is 0 Å². The van der Waals surface area contributed by atoms with Crippen LogP contribution in [0.4, 0.5) is 5.69 Å². The van der Waals surface area contributed by atoms with Gasteiger partial charge in [0.15, 0.2) is 0 Å². The van der Waals surface area contributed by atoms with Gasteiger partial charge in [-0.1, -0.05) is 18.2 Å². The summed E-state index contributed by atoms with van der Waals surface area (Å²) in [5.74, 6) is -0.255. The third kappa shape index (κ3) is 3.80. The normalized spacial score (nSPS) is 15.2. The van der Waals surface area contributed by atoms with Crippen molar-refractivity contribution in [2.24, 2.45) is 0 Å². The molecule has 2 aromatic heterocycles. The quantitative estimate of drug-likeness (QED) is 0.628. The van der Waals surface area contributed by atoms with Crippen LogP contribution in [0.3, 0.4) is 0 Å². The van der Waals surface area contributed by atoms with E-state index < -0.39 is 0 Å². The van der Waals surface area contributed by atoms with Crippen molar-refractivity contribution < 1.29 is 9.90 Å². The lowest BCUT2D eigenvalue weighted by Crippen LogP contribution is -2.39. The molecule has 0 saturated carbocycles. The highest BCUT2D eigenvalue weighted by molar-refractivity contribution is 5.93. The first-order valence-corrected chi connectivity index (χ1v) is 9.42. The van der Waals surface area contributed by atoms with E-state index in [9.17, 15) is 9.90 Å². The molecule has 1 atom stereocenters. The second kappa shape index (κ2) is 7.80. The highest BCUT2D eigenvalue weighted by atomic mass is 16.3. The summed E-state index contributed by atoms with van der Waals surface area (Å²) in [5.41, 5.74) is 3.54. The van der Waals surface area contributed by atoms with Crippen LogP contribution in [0.2, 0.25) is 0 Å². The first-order valence-electron chi connectivity index (χ1n) is 9.42. The zero-order valence-electron chi connectivity index (χ0n) is 15.2. The standard InChI is InChI=1S/C21H24N4O2/c26-14-16(11-15-13-23-19-6-2-1-5-18(15)19)24-21(27)20-12-17(7-8-22-20)25-9-3-4-10-25/h1-2,5-8,12-13,16,23,26H,3-4,9-11,14H2,(H,24,27). The number of nitrogens with one attached hydrogen (secondary N) is 2. The molecule has 1 aliphatic heterocycles. The summed E-state index contributed by atoms with van der Waals surface area (Å²) in [6, 6.07) is 11.4. The summed E-state index contributed by atoms with van der Waals surface area (Å²) < 4.78 is 0. The molecule has 6 nitrogen and oxygen atoms in total. The number of amides is 1. The number of benzene rings is 1. The summed E-state index contributed by atoms with van der Waals surface area (Å²) in [6.45, 7) is 1.91. The van der Waals surface area contributed by atoms with E-state index in [-0.39, 0.29) is 18.6 Å². The van der Waals surface area contributed by atoms with Crippen molar-refractivity contribution in [1.82, 2.24) is 15.3 Å². The molecular formula is C21H24N4O2. The largest absolute Gasteiger partial charge is 0.394 e. The molecule has 1 aromatic carbocycles. The predicted octanol–water partition coefficient (Wildman–Crippen LogP) is 2.50. The molecule has 1 fully saturated rings. The van der Waals surface area contributed by atoms with E-state index in [1.54, 1.807) is 6.20 Å². The van der Waals surface area contributed by atoms with Gasteiger partial charge in [-0.3, -0.25) is 9.78 Å². The number of aromatic amines is 1. The van der Waals surface area contributed by atoms with Gasteiger partial charge in [-0.15, -0.1) is 0 Å². The molecule has 1 unspecified atom stereocenters. The number of fused-ring (bicyclic) bond motifs is 1. The number of para-hydroxylation sites is 1. The van der Waals surface area contributed by atoms with Crippen LogP contribution in [0.15, 0.2) is 48.8 Å². The van der Waals surface area contributed by atoms with E-state index in [2.05, 4.69) is 20.2 Å². The summed E-state index contributed by atoms with van der Waals surface area (Å²) in [5, 5.41) is 13.8. The third-order valence-corrected chi connectivity index (χ3v) is 5.14. The van der Waals surface area contributed by atoms with Gasteiger partial charge < -0.3 is 20.3 Å². The number of hydrogen-bond acceptors (Lipinski definition) is 4. The number of pyridine rings is 1. The average Bonchev–Trinajstić information content (AvgIpc) is 3.38. The topological polar surface area (TPSA) is 81.2 Å². The van der Waals surface area contributed by atoms with Gasteiger partial charge in [-0.25, -0.2) is 0 Å². The van der Waals surface area contributed by atoms with Crippen molar-refractivity contribution in [2.75, 3.05) is 24.6 Å². The minimum Gasteiger partial charge on any atom is -0.394 e. The number of hydrogen-bond donors (Lipinski definition) is 3. The molecule has 3 heterocycles. The Balaban J connectivity index is 1.46. The highest BCUT2D eigenvalue weighted by Gasteiger charge is 2.18. The van der Waals surface area contributed by atoms with Crippen molar-refractivity contribution in [3.63, 3.8) is 0 Å². The SMILES string of the molecule is O=C(NC(CO)Cc1c[nH]c2ccccc12)c1cc(N2CCCC2)ccn1. The Kier molecular flexibility index (Phi) is 5.07. The smallest absolute Gasteiger partial charge is 0.270 e. The van der Waals surface area contributed by atoms with Gasteiger partial charge in [0.05, 0.1) is 12.6 Å². The lowest BCUT2D eigenvalue weighted by molar-refractivity contribution is 0.0911. The first kappa shape index (κ1) is 17.5. The Morgan fingerprint density at radius 2 is 2.07 bits per heavy atom. The lowest BCUT2D eigenvalue weighted by atomic mass is 10.1. The van der Waals surface area contributed by atoms with Crippen molar-refractivity contribution >= 4 is 22.5 Å². The van der Waals surface area contributed by atoms with E-state index >= 15 is 0 Å². The van der Waals surface area contributed by atoms with E-state index in [0.717, 1.165) is 35.2 Å². The van der Waals surface area contributed by atoms with Gasteiger partial charge in [0.2, 0.25) is 0 Å². The van der Waals surface area contributed by atoms with Crippen LogP contribution in [0.1, 0.15) is 28.9 Å². The first-order chi connectivity index (χ1) is 13.2. The van der Waals surface area contributed by atoms with Crippen LogP contribution >= 0.6 is 0 Å². The van der Waals surface area contributed by atoms with Gasteiger partial charge in [0, 0.05) is 42.1 Å². The monoisotopic (exact) mass is 364 g/mol. The maximum atomic E-state index is 12.7. The number of anilines is 1. The fraction of sp³-hybridized carbons (Fsp3) is 0.333. The minimum absolute atomic E-state index is 0.128. The Morgan fingerprint density at radius 3 is 2.89 bits per heavy atom. The van der Waals surface area contributed by atoms with Gasteiger partial charge in [0.1, 0.15) is 5.69 Å². The highest BCUT2D eigenvalue weighted by Crippen LogP contribution is 2.21. The fourth-order valence-corrected chi connectivity index (χ4v) is 3.70. The predicted molar refractivity (Wildman–Crippen MR) is 106 cm³/mol. The Hall–Kier alpha value is -2.86. The maximum absolute atomic E-state index is 12.7. The van der Waals surface area contributed by atoms with E-state index in [0.29, 0.717) is 12.1 Å². The molecule has 27 heavy (non-hydrogen) atoms. The Labute approximate surface area is 158 Å². The van der Waals surface area contributed by atoms with Crippen molar-refractivity contribution in [3.8, 4) is 0 Å². The molecular weight excluding hydrogens is 340 g/mol. The van der Waals surface area contributed by atoms with Crippen LogP contribution in [0.5, 0.6) is 0 Å². The maximum Gasteiger partial charge on any atom is 0.270 e. The van der Waals surface area contributed by atoms with E-state index in [1.165, 1.54) is 12.8 Å². The van der Waals surface area contributed by atoms with Crippen molar-refractivity contribution in [3.05, 3.63) is 60.0 Å². The number of nitrogens with zero attached hydrogens (tertiary/aromatic N) is 2. The number of aromatic nitrogens is 2. The van der Waals surface area contributed by atoms with Crippen molar-refractivity contribution in [2.45, 2.75) is 25.3 Å². The minimum atomic E-state index is -0.367. The molecule has 0 aliphatic carbocycles. The summed E-state index contributed by atoms with van der Waals surface area (Å²) in [6.07, 6.45) is 6.53. The zero-order valence-corrected chi connectivity index (χ0v) is 15.2. The fourth-order valence-electron chi connectivity index (χ4n) is 3.70. The number of rotatable bonds is 6. The molecule has 0 radical (unpaired) electrons. The van der Waals surface area contributed by atoms with Crippen LogP contribution in [0, 0.1) is 0 Å². The molecule has 0 spiro atoms. The number of aliphatic hydroxyl groups excluding tert-OH is 1. The summed E-state index contributed by atoms with van der Waals surface area (Å²) in [4.78, 5) is 22.4. The van der Waals surface area contributed by atoms with Crippen LogP contribution in [0.25, 0.3) is 10.9 Å². The van der Waals surface area contributed by atoms with Crippen LogP contribution < -0.4 is 10.2 Å². The van der Waals surface area contributed by atoms with Crippen molar-refractivity contribution in [1.29, 1.82) is 0 Å². The molecule has 1 amide bonds. The molecule has 6 heteroatoms. The van der Waals surface area contributed by atoms with Gasteiger partial charge in [-0.2, -0.15) is 0 Å². The average molecular weight is 364 g/mol. The second-order valence-electron chi connectivity index (χ2n) is 7.01. The summed E-state index contributed by atoms with van der Waals surface area (Å²) in [7, 11) is 0. The Morgan fingerprint density at radius 1 is 1.26 bits per heavy atom. The van der Waals surface area contributed by atoms with Gasteiger partial charge in [0.25, 0.3) is 5.91 Å². The second-order valence-corrected chi connectivity index (χ2v) is 7.01. The Bertz CT molecular complexity index is 931. The van der Waals surface area contributed by atoms with Gasteiger partial charge in [-0.05, 0) is 43.0 Å². The lowest BCUT2D eigenvalue weighted by Gasteiger charge is -2.19. The number of H-pyrrole nitrogens is 1. The number of carbonyl (C=O) groups excluding carboxylic acids is 1. The molecule has 0 bridgehead atoms. The molecule has 3 aromatic rings. The summed E-state index contributed by atoms with van der Waals surface area (Å²) >= 11 is 0. The van der Waals surface area contributed by atoms with E-state index in [1.807, 2.05) is 42.6 Å². The molecule has 1 aliphatic rings. The molecule has 4 rings (SSSR count). The third-order valence-electron chi connectivity index (χ3n) is 5.14. The molecule has 1 saturated heterocycles. The van der Waals surface area contributed by atoms with Crippen LogP contribution in [-0.4, -0.2) is 46.7 Å². The van der Waals surface area contributed by atoms with Gasteiger partial charge >= 0.3 is 0 Å². The molecule has 3 N–H and O–H groups in total.